The molecule has 112 valence electrons. The summed E-state index contributed by atoms with van der Waals surface area (Å²) in [5.74, 6) is 0. The summed E-state index contributed by atoms with van der Waals surface area (Å²) in [4.78, 5) is 22.6. The van der Waals surface area contributed by atoms with Gasteiger partial charge in [-0.3, -0.25) is 14.9 Å². The van der Waals surface area contributed by atoms with Crippen LogP contribution < -0.4 is 10.9 Å². The van der Waals surface area contributed by atoms with Crippen LogP contribution in [0.25, 0.3) is 10.9 Å². The number of nitrogens with zero attached hydrogens (tertiary/aromatic N) is 2. The highest BCUT2D eigenvalue weighted by Crippen LogP contribution is 2.28. The third-order valence-corrected chi connectivity index (χ3v) is 3.80. The van der Waals surface area contributed by atoms with E-state index in [1.807, 2.05) is 20.8 Å². The Morgan fingerprint density at radius 3 is 2.57 bits per heavy atom. The summed E-state index contributed by atoms with van der Waals surface area (Å²) < 4.78 is 1.49. The number of non-ortho nitro benzene ring substituents is 1. The molecule has 0 unspecified atom stereocenters. The molecule has 6 nitrogen and oxygen atoms in total. The number of aromatic nitrogens is 1. The molecule has 1 aromatic heterocycles. The number of anilines is 1. The first-order valence-electron chi connectivity index (χ1n) is 6.81. The molecule has 2 rings (SSSR count). The first-order valence-corrected chi connectivity index (χ1v) is 6.81. The Balaban J connectivity index is 2.73. The second-order valence-corrected chi connectivity index (χ2v) is 5.78. The van der Waals surface area contributed by atoms with Crippen LogP contribution in [-0.4, -0.2) is 15.0 Å². The molecule has 0 aliphatic carbocycles. The zero-order valence-corrected chi connectivity index (χ0v) is 12.6. The van der Waals surface area contributed by atoms with E-state index in [4.69, 9.17) is 0 Å². The van der Waals surface area contributed by atoms with E-state index < -0.39 is 4.92 Å². The number of rotatable bonds is 4. The number of hydrogen-bond acceptors (Lipinski definition) is 4. The molecule has 0 saturated carbocycles. The molecule has 1 N–H and O–H groups in total. The fourth-order valence-corrected chi connectivity index (χ4v) is 2.12. The van der Waals surface area contributed by atoms with Gasteiger partial charge >= 0.3 is 0 Å². The Kier molecular flexibility index (Phi) is 3.72. The molecular formula is C15H19N3O3. The van der Waals surface area contributed by atoms with Crippen LogP contribution in [0.5, 0.6) is 0 Å². The molecule has 0 bridgehead atoms. The molecule has 1 aromatic carbocycles. The first-order chi connectivity index (χ1) is 9.75. The van der Waals surface area contributed by atoms with E-state index >= 15 is 0 Å². The lowest BCUT2D eigenvalue weighted by Crippen LogP contribution is -2.31. The van der Waals surface area contributed by atoms with Gasteiger partial charge in [0.15, 0.2) is 0 Å². The van der Waals surface area contributed by atoms with Gasteiger partial charge in [0.05, 0.1) is 10.4 Å². The number of hydrogen-bond donors (Lipinski definition) is 1. The van der Waals surface area contributed by atoms with Crippen molar-refractivity contribution in [3.63, 3.8) is 0 Å². The Hall–Kier alpha value is -2.37. The summed E-state index contributed by atoms with van der Waals surface area (Å²) in [7, 11) is 1.66. The van der Waals surface area contributed by atoms with Crippen LogP contribution >= 0.6 is 0 Å². The van der Waals surface area contributed by atoms with Crippen molar-refractivity contribution in [2.24, 2.45) is 7.05 Å². The monoisotopic (exact) mass is 289 g/mol. The molecule has 0 spiro atoms. The average Bonchev–Trinajstić information content (AvgIpc) is 2.43. The summed E-state index contributed by atoms with van der Waals surface area (Å²) in [6, 6.07) is 6.02. The van der Waals surface area contributed by atoms with Gasteiger partial charge in [0.2, 0.25) is 0 Å². The van der Waals surface area contributed by atoms with Crippen LogP contribution in [0, 0.1) is 10.1 Å². The van der Waals surface area contributed by atoms with Gasteiger partial charge in [-0.05, 0) is 26.3 Å². The SMILES string of the molecule is CCC(C)(C)Nc1cc(=O)n(C)c2ccc([N+](=O)[O-])cc12. The lowest BCUT2D eigenvalue weighted by atomic mass is 10.0. The molecule has 0 atom stereocenters. The zero-order valence-electron chi connectivity index (χ0n) is 12.6. The van der Waals surface area contributed by atoms with Gasteiger partial charge in [-0.15, -0.1) is 0 Å². The summed E-state index contributed by atoms with van der Waals surface area (Å²) in [6.07, 6.45) is 0.860. The highest BCUT2D eigenvalue weighted by molar-refractivity contribution is 5.93. The minimum atomic E-state index is -0.431. The van der Waals surface area contributed by atoms with Crippen LogP contribution in [0.1, 0.15) is 27.2 Å². The molecule has 0 aliphatic heterocycles. The van der Waals surface area contributed by atoms with Crippen molar-refractivity contribution < 1.29 is 4.92 Å². The standard InChI is InChI=1S/C15H19N3O3/c1-5-15(2,3)16-12-9-14(19)17(4)13-7-6-10(18(20)21)8-11(12)13/h6-9,16H,5H2,1-4H3. The fourth-order valence-electron chi connectivity index (χ4n) is 2.12. The molecule has 6 heteroatoms. The van der Waals surface area contributed by atoms with Crippen molar-refractivity contribution >= 4 is 22.3 Å². The molecule has 0 fully saturated rings. The van der Waals surface area contributed by atoms with Crippen molar-refractivity contribution in [3.05, 3.63) is 44.7 Å². The van der Waals surface area contributed by atoms with Crippen LogP contribution in [0.3, 0.4) is 0 Å². The number of nitrogens with one attached hydrogen (secondary N) is 1. The van der Waals surface area contributed by atoms with E-state index in [-0.39, 0.29) is 16.8 Å². The van der Waals surface area contributed by atoms with Gasteiger partial charge in [-0.1, -0.05) is 6.92 Å². The smallest absolute Gasteiger partial charge is 0.270 e. The lowest BCUT2D eigenvalue weighted by Gasteiger charge is -2.27. The second-order valence-electron chi connectivity index (χ2n) is 5.78. The predicted molar refractivity (Wildman–Crippen MR) is 83.8 cm³/mol. The summed E-state index contributed by atoms with van der Waals surface area (Å²) >= 11 is 0. The molecule has 1 heterocycles. The average molecular weight is 289 g/mol. The van der Waals surface area contributed by atoms with Crippen molar-refractivity contribution in [3.8, 4) is 0 Å². The highest BCUT2D eigenvalue weighted by atomic mass is 16.6. The van der Waals surface area contributed by atoms with Crippen molar-refractivity contribution in [2.45, 2.75) is 32.7 Å². The molecule has 0 aliphatic rings. The van der Waals surface area contributed by atoms with Gasteiger partial charge in [0, 0.05) is 41.9 Å². The molecule has 2 aromatic rings. The zero-order chi connectivity index (χ0) is 15.8. The maximum Gasteiger partial charge on any atom is 0.270 e. The highest BCUT2D eigenvalue weighted by Gasteiger charge is 2.18. The molecular weight excluding hydrogens is 270 g/mol. The first kappa shape index (κ1) is 15.0. The number of nitro benzene ring substituents is 1. The van der Waals surface area contributed by atoms with Crippen LogP contribution in [0.15, 0.2) is 29.1 Å². The largest absolute Gasteiger partial charge is 0.379 e. The number of aryl methyl sites for hydroxylation is 1. The second kappa shape index (κ2) is 5.20. The molecule has 0 amide bonds. The van der Waals surface area contributed by atoms with Crippen LogP contribution in [0.2, 0.25) is 0 Å². The van der Waals surface area contributed by atoms with Gasteiger partial charge in [-0.25, -0.2) is 0 Å². The maximum absolute atomic E-state index is 12.0. The minimum Gasteiger partial charge on any atom is -0.379 e. The van der Waals surface area contributed by atoms with Gasteiger partial charge in [-0.2, -0.15) is 0 Å². The Morgan fingerprint density at radius 2 is 2.00 bits per heavy atom. The third-order valence-electron chi connectivity index (χ3n) is 3.80. The van der Waals surface area contributed by atoms with E-state index in [9.17, 15) is 14.9 Å². The number of nitro groups is 1. The fraction of sp³-hybridized carbons (Fsp3) is 0.400. The lowest BCUT2D eigenvalue weighted by molar-refractivity contribution is -0.384. The van der Waals surface area contributed by atoms with Crippen LogP contribution in [-0.2, 0) is 7.05 Å². The number of fused-ring (bicyclic) bond motifs is 1. The van der Waals surface area contributed by atoms with Gasteiger partial charge in [0.25, 0.3) is 11.2 Å². The molecule has 21 heavy (non-hydrogen) atoms. The molecule has 0 radical (unpaired) electrons. The van der Waals surface area contributed by atoms with Crippen LogP contribution in [0.4, 0.5) is 11.4 Å². The summed E-state index contributed by atoms with van der Waals surface area (Å²) in [6.45, 7) is 6.08. The topological polar surface area (TPSA) is 77.2 Å². The van der Waals surface area contributed by atoms with E-state index in [2.05, 4.69) is 5.32 Å². The Morgan fingerprint density at radius 1 is 1.33 bits per heavy atom. The van der Waals surface area contributed by atoms with Gasteiger partial charge < -0.3 is 9.88 Å². The van der Waals surface area contributed by atoms with E-state index in [0.29, 0.717) is 16.6 Å². The minimum absolute atomic E-state index is 0.0125. The van der Waals surface area contributed by atoms with Gasteiger partial charge in [0.1, 0.15) is 0 Å². The van der Waals surface area contributed by atoms with Crippen molar-refractivity contribution in [2.75, 3.05) is 5.32 Å². The normalized spacial score (nSPS) is 11.6. The third kappa shape index (κ3) is 2.89. The van der Waals surface area contributed by atoms with E-state index in [1.165, 1.54) is 22.8 Å². The van der Waals surface area contributed by atoms with E-state index in [0.717, 1.165) is 6.42 Å². The predicted octanol–water partition coefficient (Wildman–Crippen LogP) is 3.05. The number of pyridine rings is 1. The maximum atomic E-state index is 12.0. The Labute approximate surface area is 122 Å². The molecule has 0 saturated heterocycles. The summed E-state index contributed by atoms with van der Waals surface area (Å²) in [5.41, 5.74) is 0.958. The number of benzene rings is 1. The Bertz CT molecular complexity index is 763. The van der Waals surface area contributed by atoms with Crippen molar-refractivity contribution in [1.29, 1.82) is 0 Å². The van der Waals surface area contributed by atoms with E-state index in [1.54, 1.807) is 13.1 Å². The quantitative estimate of drug-likeness (QED) is 0.693. The summed E-state index contributed by atoms with van der Waals surface area (Å²) in [5, 5.41) is 14.9. The van der Waals surface area contributed by atoms with Crippen molar-refractivity contribution in [1.82, 2.24) is 4.57 Å².